The summed E-state index contributed by atoms with van der Waals surface area (Å²) in [6, 6.07) is 16.1. The van der Waals surface area contributed by atoms with Gasteiger partial charge >= 0.3 is 6.18 Å². The first kappa shape index (κ1) is 25.0. The maximum absolute atomic E-state index is 13.0. The van der Waals surface area contributed by atoms with Gasteiger partial charge in [-0.05, 0) is 107 Å². The Bertz CT molecular complexity index is 1170. The molecule has 1 saturated heterocycles. The van der Waals surface area contributed by atoms with Gasteiger partial charge in [0.1, 0.15) is 11.5 Å². The van der Waals surface area contributed by atoms with E-state index in [-0.39, 0.29) is 11.9 Å². The van der Waals surface area contributed by atoms with E-state index in [1.165, 1.54) is 12.1 Å². The first-order valence-corrected chi connectivity index (χ1v) is 12.0. The minimum atomic E-state index is -4.39. The van der Waals surface area contributed by atoms with E-state index in [0.717, 1.165) is 48.8 Å². The number of fused-ring (bicyclic) bond motifs is 1. The summed E-state index contributed by atoms with van der Waals surface area (Å²) >= 11 is 0. The van der Waals surface area contributed by atoms with E-state index in [0.29, 0.717) is 29.0 Å². The number of halogens is 3. The summed E-state index contributed by atoms with van der Waals surface area (Å²) in [5.74, 6) is 1.17. The van der Waals surface area contributed by atoms with Crippen LogP contribution in [-0.2, 0) is 6.18 Å². The largest absolute Gasteiger partial charge is 0.457 e. The van der Waals surface area contributed by atoms with Gasteiger partial charge in [0.25, 0.3) is 5.91 Å². The number of carbonyl (C=O) groups excluding carboxylic acids is 1. The van der Waals surface area contributed by atoms with Gasteiger partial charge in [0.15, 0.2) is 0 Å². The maximum atomic E-state index is 13.0. The van der Waals surface area contributed by atoms with E-state index in [4.69, 9.17) is 4.74 Å². The van der Waals surface area contributed by atoms with Crippen molar-refractivity contribution in [2.75, 3.05) is 13.1 Å². The lowest BCUT2D eigenvalue weighted by Crippen LogP contribution is -2.45. The third-order valence-electron chi connectivity index (χ3n) is 6.88. The van der Waals surface area contributed by atoms with Crippen LogP contribution in [0, 0.1) is 5.92 Å². The smallest absolute Gasteiger partial charge is 0.416 e. The molecule has 0 aromatic heterocycles. The van der Waals surface area contributed by atoms with E-state index in [1.54, 1.807) is 18.2 Å². The lowest BCUT2D eigenvalue weighted by Gasteiger charge is -2.37. The molecule has 0 bridgehead atoms. The summed E-state index contributed by atoms with van der Waals surface area (Å²) in [6.45, 7) is 8.61. The monoisotopic (exact) mass is 484 g/mol. The molecule has 4 rings (SSSR count). The Balaban J connectivity index is 1.44. The Kier molecular flexibility index (Phi) is 7.36. The minimum absolute atomic E-state index is 0.0850. The second kappa shape index (κ2) is 10.3. The third-order valence-corrected chi connectivity index (χ3v) is 6.88. The first-order chi connectivity index (χ1) is 16.6. The number of alkyl halides is 3. The summed E-state index contributed by atoms with van der Waals surface area (Å²) < 4.78 is 44.3. The summed E-state index contributed by atoms with van der Waals surface area (Å²) in [4.78, 5) is 15.4. The molecule has 0 radical (unpaired) electrons. The zero-order chi connectivity index (χ0) is 25.2. The molecule has 0 aliphatic carbocycles. The molecule has 7 heteroatoms. The number of piperidine rings is 1. The molecule has 1 amide bonds. The standard InChI is InChI=1S/C28H31F3N2O2/c1-18(2)33-15-13-20(14-16-33)19(3)32-27(34)22-7-12-25-21(17-22)5-4-6-26(25)35-24-10-8-23(9-11-24)28(29,30)31/h4-12,17-20H,13-16H2,1-3H3,(H,32,34)/t19-/m1/s1. The fourth-order valence-electron chi connectivity index (χ4n) is 4.67. The highest BCUT2D eigenvalue weighted by Gasteiger charge is 2.30. The molecule has 1 aliphatic rings. The van der Waals surface area contributed by atoms with Gasteiger partial charge in [0.2, 0.25) is 0 Å². The third kappa shape index (κ3) is 5.96. The van der Waals surface area contributed by atoms with Crippen molar-refractivity contribution in [1.82, 2.24) is 10.2 Å². The van der Waals surface area contributed by atoms with Crippen molar-refractivity contribution in [2.24, 2.45) is 5.92 Å². The van der Waals surface area contributed by atoms with Crippen molar-refractivity contribution in [3.63, 3.8) is 0 Å². The number of nitrogens with one attached hydrogen (secondary N) is 1. The van der Waals surface area contributed by atoms with Gasteiger partial charge in [0.05, 0.1) is 5.56 Å². The van der Waals surface area contributed by atoms with E-state index in [2.05, 4.69) is 31.0 Å². The first-order valence-electron chi connectivity index (χ1n) is 12.0. The average Bonchev–Trinajstić information content (AvgIpc) is 2.83. The maximum Gasteiger partial charge on any atom is 0.416 e. The lowest BCUT2D eigenvalue weighted by molar-refractivity contribution is -0.137. The topological polar surface area (TPSA) is 41.6 Å². The lowest BCUT2D eigenvalue weighted by atomic mass is 9.89. The molecule has 1 atom stereocenters. The normalized spacial score (nSPS) is 16.4. The number of hydrogen-bond acceptors (Lipinski definition) is 3. The number of nitrogens with zero attached hydrogens (tertiary/aromatic N) is 1. The summed E-state index contributed by atoms with van der Waals surface area (Å²) in [6.07, 6.45) is -2.25. The fraction of sp³-hybridized carbons (Fsp3) is 0.393. The second-order valence-electron chi connectivity index (χ2n) is 9.55. The number of carbonyl (C=O) groups is 1. The van der Waals surface area contributed by atoms with Crippen LogP contribution in [0.25, 0.3) is 10.8 Å². The van der Waals surface area contributed by atoms with Gasteiger partial charge in [-0.2, -0.15) is 13.2 Å². The zero-order valence-corrected chi connectivity index (χ0v) is 20.2. The quantitative estimate of drug-likeness (QED) is 0.414. The van der Waals surface area contributed by atoms with Crippen LogP contribution in [0.3, 0.4) is 0 Å². The predicted molar refractivity (Wildman–Crippen MR) is 132 cm³/mol. The van der Waals surface area contributed by atoms with Gasteiger partial charge in [-0.3, -0.25) is 4.79 Å². The Hall–Kier alpha value is -3.06. The zero-order valence-electron chi connectivity index (χ0n) is 20.2. The molecule has 4 nitrogen and oxygen atoms in total. The second-order valence-corrected chi connectivity index (χ2v) is 9.55. The predicted octanol–water partition coefficient (Wildman–Crippen LogP) is 6.89. The van der Waals surface area contributed by atoms with E-state index in [1.807, 2.05) is 18.2 Å². The van der Waals surface area contributed by atoms with E-state index in [9.17, 15) is 18.0 Å². The van der Waals surface area contributed by atoms with Crippen LogP contribution in [0.4, 0.5) is 13.2 Å². The number of ether oxygens (including phenoxy) is 1. The van der Waals surface area contributed by atoms with Crippen LogP contribution in [-0.4, -0.2) is 36.0 Å². The van der Waals surface area contributed by atoms with Crippen LogP contribution in [0.15, 0.2) is 60.7 Å². The van der Waals surface area contributed by atoms with Crippen LogP contribution < -0.4 is 10.1 Å². The highest BCUT2D eigenvalue weighted by Crippen LogP contribution is 2.34. The molecule has 1 heterocycles. The number of amides is 1. The van der Waals surface area contributed by atoms with Crippen molar-refractivity contribution in [2.45, 2.75) is 51.9 Å². The minimum Gasteiger partial charge on any atom is -0.457 e. The summed E-state index contributed by atoms with van der Waals surface area (Å²) in [5, 5.41) is 4.76. The molecule has 1 N–H and O–H groups in total. The Morgan fingerprint density at radius 1 is 1.00 bits per heavy atom. The molecule has 0 saturated carbocycles. The molecule has 1 aliphatic heterocycles. The van der Waals surface area contributed by atoms with Gasteiger partial charge in [-0.15, -0.1) is 0 Å². The molecule has 35 heavy (non-hydrogen) atoms. The van der Waals surface area contributed by atoms with Crippen LogP contribution >= 0.6 is 0 Å². The molecule has 0 spiro atoms. The van der Waals surface area contributed by atoms with Crippen LogP contribution in [0.1, 0.15) is 49.5 Å². The number of likely N-dealkylation sites (tertiary alicyclic amines) is 1. The molecule has 0 unspecified atom stereocenters. The van der Waals surface area contributed by atoms with Crippen LogP contribution in [0.2, 0.25) is 0 Å². The Morgan fingerprint density at radius 3 is 2.31 bits per heavy atom. The Labute approximate surface area is 204 Å². The summed E-state index contributed by atoms with van der Waals surface area (Å²) in [5.41, 5.74) is -0.159. The van der Waals surface area contributed by atoms with E-state index < -0.39 is 11.7 Å². The average molecular weight is 485 g/mol. The van der Waals surface area contributed by atoms with Gasteiger partial charge < -0.3 is 15.0 Å². The van der Waals surface area contributed by atoms with Crippen molar-refractivity contribution in [1.29, 1.82) is 0 Å². The molecule has 3 aromatic rings. The van der Waals surface area contributed by atoms with Crippen molar-refractivity contribution in [3.05, 3.63) is 71.8 Å². The number of rotatable bonds is 6. The molecule has 3 aromatic carbocycles. The highest BCUT2D eigenvalue weighted by atomic mass is 19.4. The SMILES string of the molecule is CC(C)N1CCC([C@@H](C)NC(=O)c2ccc3c(Oc4ccc(C(F)(F)F)cc4)cccc3c2)CC1. The molecule has 1 fully saturated rings. The van der Waals surface area contributed by atoms with Crippen molar-refractivity contribution >= 4 is 16.7 Å². The molecular weight excluding hydrogens is 453 g/mol. The van der Waals surface area contributed by atoms with Crippen molar-refractivity contribution in [3.8, 4) is 11.5 Å². The highest BCUT2D eigenvalue weighted by molar-refractivity contribution is 6.00. The van der Waals surface area contributed by atoms with Gasteiger partial charge in [-0.25, -0.2) is 0 Å². The van der Waals surface area contributed by atoms with Crippen molar-refractivity contribution < 1.29 is 22.7 Å². The van der Waals surface area contributed by atoms with E-state index >= 15 is 0 Å². The summed E-state index contributed by atoms with van der Waals surface area (Å²) in [7, 11) is 0. The van der Waals surface area contributed by atoms with Gasteiger partial charge in [-0.1, -0.05) is 12.1 Å². The van der Waals surface area contributed by atoms with Gasteiger partial charge in [0, 0.05) is 23.0 Å². The Morgan fingerprint density at radius 2 is 1.69 bits per heavy atom. The molecule has 186 valence electrons. The number of hydrogen-bond donors (Lipinski definition) is 1. The van der Waals surface area contributed by atoms with Crippen LogP contribution in [0.5, 0.6) is 11.5 Å². The number of benzene rings is 3. The fourth-order valence-corrected chi connectivity index (χ4v) is 4.67. The molecular formula is C28H31F3N2O2.